The monoisotopic (exact) mass is 208 g/mol. The Kier molecular flexibility index (Phi) is 4.55. The van der Waals surface area contributed by atoms with Crippen molar-refractivity contribution in [2.45, 2.75) is 18.9 Å². The smallest absolute Gasteiger partial charge is 0.326 e. The molecule has 1 aliphatic heterocycles. The van der Waals surface area contributed by atoms with Crippen molar-refractivity contribution in [3.05, 3.63) is 0 Å². The molecule has 0 aliphatic carbocycles. The molecule has 0 bridgehead atoms. The molecule has 2 N–H and O–H groups in total. The number of carboxylic acids is 1. The topological polar surface area (TPSA) is 69.6 Å². The second kappa shape index (κ2) is 4.91. The van der Waals surface area contributed by atoms with Crippen LogP contribution in [0.4, 0.5) is 4.79 Å². The van der Waals surface area contributed by atoms with E-state index in [0.29, 0.717) is 13.0 Å². The summed E-state index contributed by atoms with van der Waals surface area (Å²) in [7, 11) is 1.50. The fourth-order valence-electron chi connectivity index (χ4n) is 1.41. The molecule has 0 spiro atoms. The van der Waals surface area contributed by atoms with Crippen LogP contribution in [0.1, 0.15) is 12.8 Å². The van der Waals surface area contributed by atoms with E-state index in [4.69, 9.17) is 5.11 Å². The molecule has 76 valence electrons. The van der Waals surface area contributed by atoms with Crippen LogP contribution in [0.15, 0.2) is 0 Å². The molecule has 1 saturated heterocycles. The van der Waals surface area contributed by atoms with Crippen LogP contribution >= 0.6 is 12.4 Å². The second-order valence-electron chi connectivity index (χ2n) is 2.74. The standard InChI is InChI=1S/C7H12N2O3.ClH/c1-8-7(12)9-4-2-3-5(9)6(10)11;/h5H,2-4H2,1H3,(H,8,12)(H,10,11);1H/t5-;/m0./s1. The molecule has 1 fully saturated rings. The van der Waals surface area contributed by atoms with Crippen molar-refractivity contribution in [2.24, 2.45) is 0 Å². The van der Waals surface area contributed by atoms with Gasteiger partial charge in [0, 0.05) is 13.6 Å². The normalized spacial score (nSPS) is 20.7. The zero-order valence-electron chi connectivity index (χ0n) is 7.32. The number of nitrogens with zero attached hydrogens (tertiary/aromatic N) is 1. The highest BCUT2D eigenvalue weighted by Crippen LogP contribution is 2.16. The maximum atomic E-state index is 11.1. The third-order valence-corrected chi connectivity index (χ3v) is 2.01. The summed E-state index contributed by atoms with van der Waals surface area (Å²) >= 11 is 0. The number of nitrogens with one attached hydrogen (secondary N) is 1. The first kappa shape index (κ1) is 12.0. The minimum atomic E-state index is -0.920. The molecule has 1 rings (SSSR count). The van der Waals surface area contributed by atoms with E-state index in [2.05, 4.69) is 5.32 Å². The van der Waals surface area contributed by atoms with Gasteiger partial charge >= 0.3 is 12.0 Å². The molecular formula is C7H13ClN2O3. The zero-order chi connectivity index (χ0) is 9.14. The van der Waals surface area contributed by atoms with E-state index in [1.165, 1.54) is 11.9 Å². The van der Waals surface area contributed by atoms with E-state index in [-0.39, 0.29) is 18.4 Å². The average Bonchev–Trinajstić information content (AvgIpc) is 2.50. The molecule has 1 aliphatic rings. The van der Waals surface area contributed by atoms with Gasteiger partial charge in [-0.15, -0.1) is 12.4 Å². The van der Waals surface area contributed by atoms with Gasteiger partial charge in [0.2, 0.25) is 0 Å². The zero-order valence-corrected chi connectivity index (χ0v) is 8.13. The lowest BCUT2D eigenvalue weighted by Crippen LogP contribution is -2.44. The molecule has 13 heavy (non-hydrogen) atoms. The van der Waals surface area contributed by atoms with Gasteiger partial charge in [-0.2, -0.15) is 0 Å². The number of hydrogen-bond donors (Lipinski definition) is 2. The molecular weight excluding hydrogens is 196 g/mol. The number of aliphatic carboxylic acids is 1. The number of carboxylic acid groups (broad SMARTS) is 1. The van der Waals surface area contributed by atoms with Crippen LogP contribution in [-0.4, -0.2) is 41.6 Å². The number of hydrogen-bond acceptors (Lipinski definition) is 2. The van der Waals surface area contributed by atoms with E-state index in [9.17, 15) is 9.59 Å². The van der Waals surface area contributed by atoms with Crippen molar-refractivity contribution in [3.8, 4) is 0 Å². The van der Waals surface area contributed by atoms with Gasteiger partial charge in [0.1, 0.15) is 6.04 Å². The van der Waals surface area contributed by atoms with E-state index in [1.807, 2.05) is 0 Å². The number of rotatable bonds is 1. The first-order valence-electron chi connectivity index (χ1n) is 3.88. The first-order chi connectivity index (χ1) is 5.66. The molecule has 0 unspecified atom stereocenters. The Bertz CT molecular complexity index is 210. The minimum absolute atomic E-state index is 0. The summed E-state index contributed by atoms with van der Waals surface area (Å²) in [5, 5.41) is 11.1. The Hall–Kier alpha value is -0.970. The number of carbonyl (C=O) groups excluding carboxylic acids is 1. The highest BCUT2D eigenvalue weighted by atomic mass is 35.5. The number of urea groups is 1. The quantitative estimate of drug-likeness (QED) is 0.651. The van der Waals surface area contributed by atoms with Gasteiger partial charge in [-0.25, -0.2) is 9.59 Å². The Morgan fingerprint density at radius 1 is 1.54 bits per heavy atom. The maximum Gasteiger partial charge on any atom is 0.326 e. The number of carbonyl (C=O) groups is 2. The molecule has 1 heterocycles. The van der Waals surface area contributed by atoms with Gasteiger partial charge in [-0.1, -0.05) is 0 Å². The lowest BCUT2D eigenvalue weighted by atomic mass is 10.2. The van der Waals surface area contributed by atoms with Gasteiger partial charge in [-0.05, 0) is 12.8 Å². The van der Waals surface area contributed by atoms with Crippen molar-refractivity contribution in [1.29, 1.82) is 0 Å². The van der Waals surface area contributed by atoms with Crippen molar-refractivity contribution in [2.75, 3.05) is 13.6 Å². The van der Waals surface area contributed by atoms with Gasteiger partial charge in [-0.3, -0.25) is 0 Å². The van der Waals surface area contributed by atoms with E-state index < -0.39 is 12.0 Å². The molecule has 2 amide bonds. The van der Waals surface area contributed by atoms with E-state index >= 15 is 0 Å². The highest BCUT2D eigenvalue weighted by Gasteiger charge is 2.33. The maximum absolute atomic E-state index is 11.1. The summed E-state index contributed by atoms with van der Waals surface area (Å²) in [6, 6.07) is -0.940. The third kappa shape index (κ3) is 2.48. The third-order valence-electron chi connectivity index (χ3n) is 2.01. The fraction of sp³-hybridized carbons (Fsp3) is 0.714. The lowest BCUT2D eigenvalue weighted by Gasteiger charge is -2.20. The Labute approximate surface area is 82.5 Å². The molecule has 1 atom stereocenters. The number of amides is 2. The summed E-state index contributed by atoms with van der Waals surface area (Å²) in [5.74, 6) is -0.920. The van der Waals surface area contributed by atoms with Crippen LogP contribution < -0.4 is 5.32 Å². The summed E-state index contributed by atoms with van der Waals surface area (Å²) < 4.78 is 0. The summed E-state index contributed by atoms with van der Waals surface area (Å²) in [5.41, 5.74) is 0. The summed E-state index contributed by atoms with van der Waals surface area (Å²) in [4.78, 5) is 23.0. The Morgan fingerprint density at radius 2 is 2.15 bits per heavy atom. The number of halogens is 1. The predicted molar refractivity (Wildman–Crippen MR) is 49.1 cm³/mol. The lowest BCUT2D eigenvalue weighted by molar-refractivity contribution is -0.141. The van der Waals surface area contributed by atoms with Crippen LogP contribution in [-0.2, 0) is 4.79 Å². The molecule has 0 aromatic heterocycles. The predicted octanol–water partition coefficient (Wildman–Crippen LogP) is 0.297. The molecule has 0 aromatic carbocycles. The van der Waals surface area contributed by atoms with Crippen LogP contribution in [0.3, 0.4) is 0 Å². The van der Waals surface area contributed by atoms with Crippen molar-refractivity contribution in [3.63, 3.8) is 0 Å². The van der Waals surface area contributed by atoms with Crippen LogP contribution in [0, 0.1) is 0 Å². The number of likely N-dealkylation sites (tertiary alicyclic amines) is 1. The van der Waals surface area contributed by atoms with Crippen molar-refractivity contribution >= 4 is 24.4 Å². The van der Waals surface area contributed by atoms with Gasteiger partial charge < -0.3 is 15.3 Å². The van der Waals surface area contributed by atoms with Crippen molar-refractivity contribution in [1.82, 2.24) is 10.2 Å². The van der Waals surface area contributed by atoms with Gasteiger partial charge in [0.15, 0.2) is 0 Å². The molecule has 0 aromatic rings. The SMILES string of the molecule is CNC(=O)N1CCC[C@H]1C(=O)O.Cl. The Balaban J connectivity index is 0.00000144. The van der Waals surface area contributed by atoms with Crippen LogP contribution in [0.25, 0.3) is 0 Å². The molecule has 0 radical (unpaired) electrons. The summed E-state index contributed by atoms with van der Waals surface area (Å²) in [6.45, 7) is 0.538. The van der Waals surface area contributed by atoms with Crippen LogP contribution in [0.5, 0.6) is 0 Å². The second-order valence-corrected chi connectivity index (χ2v) is 2.74. The van der Waals surface area contributed by atoms with E-state index in [0.717, 1.165) is 6.42 Å². The first-order valence-corrected chi connectivity index (χ1v) is 3.88. The fourth-order valence-corrected chi connectivity index (χ4v) is 1.41. The van der Waals surface area contributed by atoms with Gasteiger partial charge in [0.05, 0.1) is 0 Å². The average molecular weight is 209 g/mol. The minimum Gasteiger partial charge on any atom is -0.480 e. The summed E-state index contributed by atoms with van der Waals surface area (Å²) in [6.07, 6.45) is 1.33. The van der Waals surface area contributed by atoms with Crippen molar-refractivity contribution < 1.29 is 14.7 Å². The largest absolute Gasteiger partial charge is 0.480 e. The highest BCUT2D eigenvalue weighted by molar-refractivity contribution is 5.85. The van der Waals surface area contributed by atoms with Gasteiger partial charge in [0.25, 0.3) is 0 Å². The van der Waals surface area contributed by atoms with Crippen LogP contribution in [0.2, 0.25) is 0 Å². The Morgan fingerprint density at radius 3 is 2.62 bits per heavy atom. The molecule has 6 heteroatoms. The van der Waals surface area contributed by atoms with E-state index in [1.54, 1.807) is 0 Å². The molecule has 5 nitrogen and oxygen atoms in total. The molecule has 0 saturated carbocycles.